The van der Waals surface area contributed by atoms with Gasteiger partial charge in [0.05, 0.1) is 18.8 Å². The first kappa shape index (κ1) is 30.4. The number of H-pyrrole nitrogens is 1. The molecular formula is C24H31N7O8. The summed E-state index contributed by atoms with van der Waals surface area (Å²) < 4.78 is 0. The van der Waals surface area contributed by atoms with Gasteiger partial charge in [0.25, 0.3) is 0 Å². The number of rotatable bonds is 16. The molecular weight excluding hydrogens is 514 g/mol. The van der Waals surface area contributed by atoms with E-state index in [1.54, 1.807) is 30.3 Å². The molecule has 2 aromatic rings. The Hall–Kier alpha value is -4.79. The first-order chi connectivity index (χ1) is 18.5. The number of amides is 4. The van der Waals surface area contributed by atoms with Gasteiger partial charge in [0.2, 0.25) is 23.6 Å². The van der Waals surface area contributed by atoms with Crippen LogP contribution in [0.25, 0.3) is 0 Å². The summed E-state index contributed by atoms with van der Waals surface area (Å²) >= 11 is 0. The van der Waals surface area contributed by atoms with Crippen LogP contribution in [0.15, 0.2) is 42.9 Å². The van der Waals surface area contributed by atoms with Crippen LogP contribution >= 0.6 is 0 Å². The molecule has 0 saturated carbocycles. The average molecular weight is 546 g/mol. The van der Waals surface area contributed by atoms with Crippen molar-refractivity contribution in [2.75, 3.05) is 0 Å². The number of nitrogens with two attached hydrogens (primary N) is 2. The van der Waals surface area contributed by atoms with Crippen LogP contribution in [0, 0.1) is 0 Å². The Labute approximate surface area is 222 Å². The lowest BCUT2D eigenvalue weighted by atomic mass is 10.0. The number of carboxylic acids is 2. The minimum Gasteiger partial charge on any atom is -0.481 e. The highest BCUT2D eigenvalue weighted by Gasteiger charge is 2.32. The lowest BCUT2D eigenvalue weighted by Gasteiger charge is -2.24. The average Bonchev–Trinajstić information content (AvgIpc) is 3.38. The first-order valence-corrected chi connectivity index (χ1v) is 11.9. The van der Waals surface area contributed by atoms with Gasteiger partial charge in [-0.3, -0.25) is 24.0 Å². The monoisotopic (exact) mass is 545 g/mol. The fraction of sp³-hybridized carbons (Fsp3) is 0.375. The summed E-state index contributed by atoms with van der Waals surface area (Å²) in [5, 5.41) is 25.6. The van der Waals surface area contributed by atoms with Gasteiger partial charge in [0.1, 0.15) is 18.1 Å². The van der Waals surface area contributed by atoms with Crippen molar-refractivity contribution in [2.24, 2.45) is 11.5 Å². The van der Waals surface area contributed by atoms with Crippen molar-refractivity contribution in [3.05, 3.63) is 54.1 Å². The molecule has 10 N–H and O–H groups in total. The Morgan fingerprint density at radius 3 is 2.05 bits per heavy atom. The van der Waals surface area contributed by atoms with E-state index in [0.29, 0.717) is 5.69 Å². The van der Waals surface area contributed by atoms with Gasteiger partial charge in [0, 0.05) is 24.7 Å². The summed E-state index contributed by atoms with van der Waals surface area (Å²) in [6, 6.07) is 3.15. The normalized spacial score (nSPS) is 13.8. The van der Waals surface area contributed by atoms with E-state index in [4.69, 9.17) is 11.5 Å². The Morgan fingerprint density at radius 2 is 1.49 bits per heavy atom. The van der Waals surface area contributed by atoms with Gasteiger partial charge in [-0.1, -0.05) is 30.3 Å². The number of aromatic amines is 1. The number of hydrogen-bond acceptors (Lipinski definition) is 8. The van der Waals surface area contributed by atoms with Gasteiger partial charge in [0.15, 0.2) is 0 Å². The second-order valence-electron chi connectivity index (χ2n) is 8.70. The predicted molar refractivity (Wildman–Crippen MR) is 135 cm³/mol. The smallest absolute Gasteiger partial charge is 0.326 e. The molecule has 0 spiro atoms. The molecule has 0 fully saturated rings. The Bertz CT molecular complexity index is 1160. The maximum absolute atomic E-state index is 13.0. The van der Waals surface area contributed by atoms with E-state index in [-0.39, 0.29) is 25.7 Å². The van der Waals surface area contributed by atoms with E-state index >= 15 is 0 Å². The molecule has 1 aromatic heterocycles. The van der Waals surface area contributed by atoms with E-state index in [9.17, 15) is 39.0 Å². The van der Waals surface area contributed by atoms with Gasteiger partial charge in [-0.25, -0.2) is 9.78 Å². The molecule has 4 amide bonds. The van der Waals surface area contributed by atoms with Crippen molar-refractivity contribution in [3.8, 4) is 0 Å². The molecule has 4 atom stereocenters. The number of benzene rings is 1. The SMILES string of the molecule is NC(=O)CCC(NC(=O)C(CC(=O)O)NC(=O)C(N)Cc1ccccc1)C(=O)NC(Cc1cnc[nH]1)C(=O)O. The molecule has 15 heteroatoms. The van der Waals surface area contributed by atoms with Crippen LogP contribution in [0.5, 0.6) is 0 Å². The molecule has 1 heterocycles. The number of nitrogens with zero attached hydrogens (tertiary/aromatic N) is 1. The van der Waals surface area contributed by atoms with Gasteiger partial charge in [-0.05, 0) is 18.4 Å². The highest BCUT2D eigenvalue weighted by molar-refractivity contribution is 5.95. The number of carbonyl (C=O) groups excluding carboxylic acids is 4. The third-order valence-corrected chi connectivity index (χ3v) is 5.55. The van der Waals surface area contributed by atoms with E-state index in [1.807, 2.05) is 0 Å². The van der Waals surface area contributed by atoms with Crippen LogP contribution in [0.2, 0.25) is 0 Å². The fourth-order valence-corrected chi connectivity index (χ4v) is 3.54. The van der Waals surface area contributed by atoms with Gasteiger partial charge in [-0.2, -0.15) is 0 Å². The van der Waals surface area contributed by atoms with E-state index in [1.165, 1.54) is 12.5 Å². The zero-order chi connectivity index (χ0) is 28.9. The molecule has 0 radical (unpaired) electrons. The molecule has 0 aliphatic carbocycles. The van der Waals surface area contributed by atoms with Gasteiger partial charge >= 0.3 is 11.9 Å². The van der Waals surface area contributed by atoms with E-state index < -0.39 is 66.2 Å². The lowest BCUT2D eigenvalue weighted by Crippen LogP contribution is -2.58. The third kappa shape index (κ3) is 10.6. The Kier molecular flexibility index (Phi) is 11.6. The van der Waals surface area contributed by atoms with Crippen molar-refractivity contribution < 1.29 is 39.0 Å². The molecule has 2 rings (SSSR count). The standard InChI is InChI=1S/C24H31N7O8/c25-15(8-13-4-2-1-3-5-13)21(35)30-17(10-20(33)34)23(37)29-16(6-7-19(26)32)22(36)31-18(24(38)39)9-14-11-27-12-28-14/h1-5,11-12,15-18H,6-10,25H2,(H2,26,32)(H,27,28)(H,29,37)(H,30,35)(H,31,36)(H,33,34)(H,38,39). The molecule has 15 nitrogen and oxygen atoms in total. The fourth-order valence-electron chi connectivity index (χ4n) is 3.54. The van der Waals surface area contributed by atoms with Gasteiger partial charge < -0.3 is 42.6 Å². The summed E-state index contributed by atoms with van der Waals surface area (Å²) in [6.45, 7) is 0. The van der Waals surface area contributed by atoms with Crippen LogP contribution in [0.4, 0.5) is 0 Å². The number of aliphatic carboxylic acids is 2. The number of carbonyl (C=O) groups is 6. The summed E-state index contributed by atoms with van der Waals surface area (Å²) in [4.78, 5) is 79.4. The van der Waals surface area contributed by atoms with Crippen molar-refractivity contribution in [1.82, 2.24) is 25.9 Å². The first-order valence-electron chi connectivity index (χ1n) is 11.9. The Morgan fingerprint density at radius 1 is 0.872 bits per heavy atom. The molecule has 210 valence electrons. The second kappa shape index (κ2) is 14.8. The zero-order valence-corrected chi connectivity index (χ0v) is 20.8. The van der Waals surface area contributed by atoms with Crippen LogP contribution in [-0.4, -0.2) is 79.9 Å². The van der Waals surface area contributed by atoms with Crippen LogP contribution in [0.1, 0.15) is 30.5 Å². The van der Waals surface area contributed by atoms with Gasteiger partial charge in [-0.15, -0.1) is 0 Å². The third-order valence-electron chi connectivity index (χ3n) is 5.55. The largest absolute Gasteiger partial charge is 0.481 e. The van der Waals surface area contributed by atoms with E-state index in [2.05, 4.69) is 25.9 Å². The highest BCUT2D eigenvalue weighted by Crippen LogP contribution is 2.06. The van der Waals surface area contributed by atoms with Crippen LogP contribution < -0.4 is 27.4 Å². The molecule has 0 bridgehead atoms. The summed E-state index contributed by atoms with van der Waals surface area (Å²) in [5.41, 5.74) is 12.2. The maximum Gasteiger partial charge on any atom is 0.326 e. The predicted octanol–water partition coefficient (Wildman–Crippen LogP) is -2.20. The molecule has 1 aromatic carbocycles. The summed E-state index contributed by atoms with van der Waals surface area (Å²) in [7, 11) is 0. The molecule has 39 heavy (non-hydrogen) atoms. The zero-order valence-electron chi connectivity index (χ0n) is 20.8. The lowest BCUT2D eigenvalue weighted by molar-refractivity contribution is -0.143. The summed E-state index contributed by atoms with van der Waals surface area (Å²) in [5.74, 6) is -6.40. The number of nitrogens with one attached hydrogen (secondary N) is 4. The van der Waals surface area contributed by atoms with Crippen molar-refractivity contribution in [2.45, 2.75) is 56.3 Å². The maximum atomic E-state index is 13.0. The molecule has 4 unspecified atom stereocenters. The Balaban J connectivity index is 2.13. The number of primary amides is 1. The number of imidazole rings is 1. The van der Waals surface area contributed by atoms with Crippen molar-refractivity contribution >= 4 is 35.6 Å². The summed E-state index contributed by atoms with van der Waals surface area (Å²) in [6.07, 6.45) is 1.15. The van der Waals surface area contributed by atoms with Crippen LogP contribution in [-0.2, 0) is 41.6 Å². The topological polar surface area (TPSA) is 260 Å². The minimum absolute atomic E-state index is 0.116. The highest BCUT2D eigenvalue weighted by atomic mass is 16.4. The number of carboxylic acid groups (broad SMARTS) is 2. The number of aromatic nitrogens is 2. The van der Waals surface area contributed by atoms with Crippen LogP contribution in [0.3, 0.4) is 0 Å². The number of hydrogen-bond donors (Lipinski definition) is 8. The van der Waals surface area contributed by atoms with Crippen molar-refractivity contribution in [3.63, 3.8) is 0 Å². The minimum atomic E-state index is -1.62. The molecule has 0 aliphatic heterocycles. The second-order valence-corrected chi connectivity index (χ2v) is 8.70. The van der Waals surface area contributed by atoms with E-state index in [0.717, 1.165) is 5.56 Å². The van der Waals surface area contributed by atoms with Crippen molar-refractivity contribution in [1.29, 1.82) is 0 Å². The molecule has 0 saturated heterocycles. The molecule has 0 aliphatic rings. The quantitative estimate of drug-likeness (QED) is 0.113.